The first-order chi connectivity index (χ1) is 16.2. The lowest BCUT2D eigenvalue weighted by Crippen LogP contribution is -1.97. The number of aromatic nitrogens is 2. The molecule has 0 fully saturated rings. The van der Waals surface area contributed by atoms with E-state index in [1.54, 1.807) is 0 Å². The zero-order valence-corrected chi connectivity index (χ0v) is 18.7. The highest BCUT2D eigenvalue weighted by Gasteiger charge is 2.28. The van der Waals surface area contributed by atoms with Gasteiger partial charge >= 0.3 is 0 Å². The predicted molar refractivity (Wildman–Crippen MR) is 136 cm³/mol. The molecule has 0 amide bonds. The zero-order chi connectivity index (χ0) is 21.8. The third-order valence-corrected chi connectivity index (χ3v) is 7.96. The summed E-state index contributed by atoms with van der Waals surface area (Å²) in [5, 5.41) is 3.83. The van der Waals surface area contributed by atoms with Gasteiger partial charge in [-0.25, -0.2) is 4.98 Å². The smallest absolute Gasteiger partial charge is 0.145 e. The van der Waals surface area contributed by atoms with Gasteiger partial charge in [-0.2, -0.15) is 0 Å². The second-order valence-corrected chi connectivity index (χ2v) is 9.66. The fourth-order valence-electron chi connectivity index (χ4n) is 6.32. The Morgan fingerprint density at radius 3 is 2.27 bits per heavy atom. The number of aryl methyl sites for hydroxylation is 2. The van der Waals surface area contributed by atoms with Crippen molar-refractivity contribution in [1.82, 2.24) is 9.38 Å². The Kier molecular flexibility index (Phi) is 3.15. The molecule has 0 bridgehead atoms. The van der Waals surface area contributed by atoms with Gasteiger partial charge in [-0.3, -0.25) is 4.40 Å². The van der Waals surface area contributed by atoms with Crippen molar-refractivity contribution in [3.05, 3.63) is 106 Å². The lowest BCUT2D eigenvalue weighted by Gasteiger charge is -2.14. The summed E-state index contributed by atoms with van der Waals surface area (Å²) in [6.45, 7) is 4.34. The van der Waals surface area contributed by atoms with Crippen LogP contribution in [0.1, 0.15) is 33.6 Å². The highest BCUT2D eigenvalue weighted by atomic mass is 15.0. The normalized spacial score (nSPS) is 13.5. The van der Waals surface area contributed by atoms with Crippen molar-refractivity contribution in [2.24, 2.45) is 0 Å². The van der Waals surface area contributed by atoms with Gasteiger partial charge in [0.05, 0.1) is 11.2 Å². The molecule has 0 saturated carbocycles. The van der Waals surface area contributed by atoms with Crippen molar-refractivity contribution in [2.45, 2.75) is 26.7 Å². The van der Waals surface area contributed by atoms with E-state index in [0.717, 1.165) is 24.2 Å². The maximum absolute atomic E-state index is 5.02. The molecule has 0 atom stereocenters. The minimum absolute atomic E-state index is 0.997. The van der Waals surface area contributed by atoms with Crippen molar-refractivity contribution in [2.75, 3.05) is 0 Å². The molecule has 2 nitrogen and oxygen atoms in total. The van der Waals surface area contributed by atoms with Crippen molar-refractivity contribution >= 4 is 27.3 Å². The van der Waals surface area contributed by atoms with Crippen LogP contribution < -0.4 is 0 Å². The molecule has 0 unspecified atom stereocenters. The molecule has 0 saturated heterocycles. The maximum atomic E-state index is 5.02. The molecule has 4 aromatic carbocycles. The molecule has 2 heteroatoms. The topological polar surface area (TPSA) is 17.3 Å². The molecule has 2 heterocycles. The van der Waals surface area contributed by atoms with Crippen LogP contribution in [0, 0.1) is 13.8 Å². The summed E-state index contributed by atoms with van der Waals surface area (Å²) in [6, 6.07) is 27.2. The first kappa shape index (κ1) is 17.6. The molecule has 0 spiro atoms. The van der Waals surface area contributed by atoms with E-state index >= 15 is 0 Å². The quantitative estimate of drug-likeness (QED) is 0.233. The number of imidazole rings is 1. The average Bonchev–Trinajstić information content (AvgIpc) is 3.48. The third-order valence-electron chi connectivity index (χ3n) is 7.96. The predicted octanol–water partition coefficient (Wildman–Crippen LogP) is 7.40. The van der Waals surface area contributed by atoms with Gasteiger partial charge in [0.15, 0.2) is 0 Å². The van der Waals surface area contributed by atoms with E-state index in [0.29, 0.717) is 0 Å². The Hall–Kier alpha value is -3.91. The van der Waals surface area contributed by atoms with Gasteiger partial charge in [-0.1, -0.05) is 60.7 Å². The summed E-state index contributed by atoms with van der Waals surface area (Å²) in [4.78, 5) is 5.02. The van der Waals surface area contributed by atoms with Gasteiger partial charge in [0.1, 0.15) is 5.65 Å². The third kappa shape index (κ3) is 2.11. The van der Waals surface area contributed by atoms with Gasteiger partial charge in [0.2, 0.25) is 0 Å². The molecule has 33 heavy (non-hydrogen) atoms. The monoisotopic (exact) mass is 422 g/mol. The number of benzene rings is 4. The van der Waals surface area contributed by atoms with Crippen LogP contribution in [0.15, 0.2) is 72.8 Å². The van der Waals surface area contributed by atoms with Crippen LogP contribution in [0.2, 0.25) is 0 Å². The van der Waals surface area contributed by atoms with Crippen molar-refractivity contribution in [3.8, 4) is 22.3 Å². The van der Waals surface area contributed by atoms with E-state index in [4.69, 9.17) is 4.98 Å². The Labute approximate surface area is 192 Å². The molecule has 8 rings (SSSR count). The highest BCUT2D eigenvalue weighted by Crippen LogP contribution is 2.48. The van der Waals surface area contributed by atoms with Crippen LogP contribution >= 0.6 is 0 Å². The number of hydrogen-bond donors (Lipinski definition) is 0. The SMILES string of the molecule is Cc1nc2c3ccccc3c3ccc4c(c3n2c1C)-c1cc2c(cc1C4)-c1ccccc1C2. The van der Waals surface area contributed by atoms with Crippen LogP contribution in [0.4, 0.5) is 0 Å². The fraction of sp³-hybridized carbons (Fsp3) is 0.129. The number of nitrogens with zero attached hydrogens (tertiary/aromatic N) is 2. The molecule has 2 aliphatic carbocycles. The van der Waals surface area contributed by atoms with E-state index in [-0.39, 0.29) is 0 Å². The molecule has 2 aliphatic rings. The maximum Gasteiger partial charge on any atom is 0.145 e. The number of fused-ring (bicyclic) bond motifs is 13. The summed E-state index contributed by atoms with van der Waals surface area (Å²) in [5.74, 6) is 0. The minimum atomic E-state index is 0.997. The number of pyridine rings is 1. The zero-order valence-electron chi connectivity index (χ0n) is 18.7. The summed E-state index contributed by atoms with van der Waals surface area (Å²) in [7, 11) is 0. The molecule has 2 aromatic heterocycles. The first-order valence-corrected chi connectivity index (χ1v) is 11.8. The summed E-state index contributed by atoms with van der Waals surface area (Å²) in [5.41, 5.74) is 16.1. The van der Waals surface area contributed by atoms with Gasteiger partial charge in [0, 0.05) is 22.0 Å². The van der Waals surface area contributed by atoms with E-state index in [2.05, 4.69) is 91.0 Å². The van der Waals surface area contributed by atoms with E-state index in [1.165, 1.54) is 71.9 Å². The van der Waals surface area contributed by atoms with Gasteiger partial charge in [-0.05, 0) is 83.2 Å². The molecule has 156 valence electrons. The summed E-state index contributed by atoms with van der Waals surface area (Å²) >= 11 is 0. The Morgan fingerprint density at radius 1 is 0.636 bits per heavy atom. The van der Waals surface area contributed by atoms with Crippen molar-refractivity contribution < 1.29 is 0 Å². The van der Waals surface area contributed by atoms with E-state index in [1.807, 2.05) is 0 Å². The second kappa shape index (κ2) is 5.90. The first-order valence-electron chi connectivity index (χ1n) is 11.8. The average molecular weight is 423 g/mol. The molecule has 0 N–H and O–H groups in total. The van der Waals surface area contributed by atoms with Crippen LogP contribution in [-0.2, 0) is 12.8 Å². The summed E-state index contributed by atoms with van der Waals surface area (Å²) in [6.07, 6.45) is 2.03. The van der Waals surface area contributed by atoms with Crippen molar-refractivity contribution in [3.63, 3.8) is 0 Å². The Morgan fingerprint density at radius 2 is 1.36 bits per heavy atom. The number of hydrogen-bond acceptors (Lipinski definition) is 1. The lowest BCUT2D eigenvalue weighted by atomic mass is 9.95. The Balaban J connectivity index is 1.53. The number of rotatable bonds is 0. The molecular weight excluding hydrogens is 400 g/mol. The molecule has 0 aliphatic heterocycles. The fourth-order valence-corrected chi connectivity index (χ4v) is 6.32. The standard InChI is InChI=1S/C31H22N2/c1-17-18(2)33-30-25(24-9-5-6-10-26(24)31(33)32-17)12-11-20-14-22-15-27-21(16-28(22)29(20)30)13-19-7-3-4-8-23(19)27/h3-12,15-16H,13-14H2,1-2H3. The van der Waals surface area contributed by atoms with E-state index in [9.17, 15) is 0 Å². The largest absolute Gasteiger partial charge is 0.295 e. The molecule has 0 radical (unpaired) electrons. The highest BCUT2D eigenvalue weighted by molar-refractivity contribution is 6.16. The minimum Gasteiger partial charge on any atom is -0.295 e. The van der Waals surface area contributed by atoms with Crippen LogP contribution in [0.3, 0.4) is 0 Å². The van der Waals surface area contributed by atoms with E-state index < -0.39 is 0 Å². The van der Waals surface area contributed by atoms with Crippen LogP contribution in [0.5, 0.6) is 0 Å². The van der Waals surface area contributed by atoms with Gasteiger partial charge < -0.3 is 0 Å². The van der Waals surface area contributed by atoms with Crippen LogP contribution in [0.25, 0.3) is 49.6 Å². The lowest BCUT2D eigenvalue weighted by molar-refractivity contribution is 1.14. The van der Waals surface area contributed by atoms with Gasteiger partial charge in [0.25, 0.3) is 0 Å². The second-order valence-electron chi connectivity index (χ2n) is 9.66. The van der Waals surface area contributed by atoms with Crippen molar-refractivity contribution in [1.29, 1.82) is 0 Å². The molecule has 6 aromatic rings. The molecular formula is C31H22N2. The van der Waals surface area contributed by atoms with Crippen LogP contribution in [-0.4, -0.2) is 9.38 Å². The Bertz CT molecular complexity index is 1830. The summed E-state index contributed by atoms with van der Waals surface area (Å²) < 4.78 is 2.42. The van der Waals surface area contributed by atoms with Gasteiger partial charge in [-0.15, -0.1) is 0 Å².